The lowest BCUT2D eigenvalue weighted by Gasteiger charge is -2.07. The largest absolute Gasteiger partial charge is 0.492 e. The van der Waals surface area contributed by atoms with E-state index < -0.39 is 0 Å². The number of carbonyl (C=O) groups is 1. The molecule has 0 aliphatic carbocycles. The van der Waals surface area contributed by atoms with Gasteiger partial charge in [0.05, 0.1) is 12.8 Å². The Morgan fingerprint density at radius 1 is 1.32 bits per heavy atom. The van der Waals surface area contributed by atoms with Crippen molar-refractivity contribution < 1.29 is 9.53 Å². The van der Waals surface area contributed by atoms with Gasteiger partial charge in [0.25, 0.3) is 0 Å². The lowest BCUT2D eigenvalue weighted by Crippen LogP contribution is -2.05. The highest BCUT2D eigenvalue weighted by molar-refractivity contribution is 9.10. The molecule has 1 aromatic heterocycles. The molecule has 98 valence electrons. The molecule has 0 aliphatic heterocycles. The first-order chi connectivity index (χ1) is 9.11. The van der Waals surface area contributed by atoms with E-state index in [9.17, 15) is 4.79 Å². The summed E-state index contributed by atoms with van der Waals surface area (Å²) in [6, 6.07) is 7.38. The lowest BCUT2D eigenvalue weighted by molar-refractivity contribution is 0.103. The predicted octanol–water partition coefficient (Wildman–Crippen LogP) is 3.78. The molecule has 0 bridgehead atoms. The molecule has 0 radical (unpaired) electrons. The van der Waals surface area contributed by atoms with Crippen molar-refractivity contribution in [1.29, 1.82) is 0 Å². The summed E-state index contributed by atoms with van der Waals surface area (Å²) in [5.74, 6) is 0.564. The van der Waals surface area contributed by atoms with Crippen LogP contribution in [0.5, 0.6) is 5.75 Å². The first-order valence-electron chi connectivity index (χ1n) is 6.00. The standard InChI is InChI=1S/C15H14BrNO2/c1-3-19-13-6-11(8-17-9-13)15(18)14-7-12(16)5-4-10(14)2/h4-9H,3H2,1-2H3. The van der Waals surface area contributed by atoms with Gasteiger partial charge in [-0.2, -0.15) is 0 Å². The van der Waals surface area contributed by atoms with E-state index in [1.165, 1.54) is 0 Å². The summed E-state index contributed by atoms with van der Waals surface area (Å²) < 4.78 is 6.25. The van der Waals surface area contributed by atoms with Gasteiger partial charge in [0.15, 0.2) is 5.78 Å². The molecule has 1 aromatic carbocycles. The van der Waals surface area contributed by atoms with Crippen molar-refractivity contribution in [3.05, 3.63) is 57.8 Å². The fourth-order valence-electron chi connectivity index (χ4n) is 1.78. The SMILES string of the molecule is CCOc1cncc(C(=O)c2cc(Br)ccc2C)c1. The molecule has 0 amide bonds. The number of carbonyl (C=O) groups excluding carboxylic acids is 1. The molecule has 19 heavy (non-hydrogen) atoms. The van der Waals surface area contributed by atoms with Crippen molar-refractivity contribution in [2.24, 2.45) is 0 Å². The van der Waals surface area contributed by atoms with Crippen LogP contribution in [0.3, 0.4) is 0 Å². The third-order valence-corrected chi connectivity index (χ3v) is 3.22. The second kappa shape index (κ2) is 5.97. The topological polar surface area (TPSA) is 39.2 Å². The van der Waals surface area contributed by atoms with Crippen molar-refractivity contribution in [2.75, 3.05) is 6.61 Å². The van der Waals surface area contributed by atoms with E-state index in [0.29, 0.717) is 23.5 Å². The molecule has 0 aliphatic rings. The van der Waals surface area contributed by atoms with Crippen LogP contribution in [-0.4, -0.2) is 17.4 Å². The number of ketones is 1. The summed E-state index contributed by atoms with van der Waals surface area (Å²) >= 11 is 3.38. The van der Waals surface area contributed by atoms with Crippen LogP contribution in [0.15, 0.2) is 41.1 Å². The van der Waals surface area contributed by atoms with Crippen LogP contribution in [0.2, 0.25) is 0 Å². The quantitative estimate of drug-likeness (QED) is 0.805. The van der Waals surface area contributed by atoms with Crippen LogP contribution in [0, 0.1) is 6.92 Å². The number of aromatic nitrogens is 1. The monoisotopic (exact) mass is 319 g/mol. The Balaban J connectivity index is 2.38. The van der Waals surface area contributed by atoms with Gasteiger partial charge in [-0.05, 0) is 37.6 Å². The van der Waals surface area contributed by atoms with Crippen LogP contribution < -0.4 is 4.74 Å². The minimum Gasteiger partial charge on any atom is -0.492 e. The van der Waals surface area contributed by atoms with Gasteiger partial charge in [-0.25, -0.2) is 0 Å². The minimum atomic E-state index is -0.0483. The van der Waals surface area contributed by atoms with Gasteiger partial charge >= 0.3 is 0 Å². The maximum atomic E-state index is 12.5. The second-order valence-electron chi connectivity index (χ2n) is 4.13. The first-order valence-corrected chi connectivity index (χ1v) is 6.80. The summed E-state index contributed by atoms with van der Waals surface area (Å²) in [7, 11) is 0. The van der Waals surface area contributed by atoms with Crippen LogP contribution in [-0.2, 0) is 0 Å². The van der Waals surface area contributed by atoms with E-state index in [4.69, 9.17) is 4.74 Å². The number of benzene rings is 1. The highest BCUT2D eigenvalue weighted by atomic mass is 79.9. The zero-order valence-corrected chi connectivity index (χ0v) is 12.4. The van der Waals surface area contributed by atoms with Crippen LogP contribution in [0.25, 0.3) is 0 Å². The Morgan fingerprint density at radius 2 is 2.11 bits per heavy atom. The summed E-state index contributed by atoms with van der Waals surface area (Å²) in [5.41, 5.74) is 2.15. The zero-order valence-electron chi connectivity index (χ0n) is 10.8. The predicted molar refractivity (Wildman–Crippen MR) is 77.7 cm³/mol. The Kier molecular flexibility index (Phi) is 4.32. The van der Waals surface area contributed by atoms with E-state index >= 15 is 0 Å². The molecule has 0 atom stereocenters. The Bertz CT molecular complexity index is 611. The van der Waals surface area contributed by atoms with Gasteiger partial charge in [0.1, 0.15) is 5.75 Å². The van der Waals surface area contributed by atoms with E-state index in [-0.39, 0.29) is 5.78 Å². The van der Waals surface area contributed by atoms with E-state index in [2.05, 4.69) is 20.9 Å². The molecule has 2 aromatic rings. The summed E-state index contributed by atoms with van der Waals surface area (Å²) in [6.45, 7) is 4.36. The van der Waals surface area contributed by atoms with Gasteiger partial charge in [0, 0.05) is 21.8 Å². The van der Waals surface area contributed by atoms with Crippen LogP contribution in [0.4, 0.5) is 0 Å². The normalized spacial score (nSPS) is 10.3. The molecule has 0 spiro atoms. The highest BCUT2D eigenvalue weighted by Crippen LogP contribution is 2.21. The number of rotatable bonds is 4. The molecule has 0 saturated heterocycles. The molecule has 0 N–H and O–H groups in total. The maximum Gasteiger partial charge on any atom is 0.195 e. The first kappa shape index (κ1) is 13.7. The molecule has 0 fully saturated rings. The number of pyridine rings is 1. The van der Waals surface area contributed by atoms with E-state index in [0.717, 1.165) is 10.0 Å². The van der Waals surface area contributed by atoms with Crippen molar-refractivity contribution in [1.82, 2.24) is 4.98 Å². The van der Waals surface area contributed by atoms with Crippen LogP contribution >= 0.6 is 15.9 Å². The average molecular weight is 320 g/mol. The van der Waals surface area contributed by atoms with Crippen molar-refractivity contribution in [2.45, 2.75) is 13.8 Å². The van der Waals surface area contributed by atoms with Gasteiger partial charge in [-0.3, -0.25) is 9.78 Å². The van der Waals surface area contributed by atoms with E-state index in [1.807, 2.05) is 32.0 Å². The van der Waals surface area contributed by atoms with Gasteiger partial charge in [-0.1, -0.05) is 22.0 Å². The number of ether oxygens (including phenoxy) is 1. The smallest absolute Gasteiger partial charge is 0.195 e. The molecule has 2 rings (SSSR count). The molecular weight excluding hydrogens is 306 g/mol. The third-order valence-electron chi connectivity index (χ3n) is 2.73. The average Bonchev–Trinajstić information content (AvgIpc) is 2.41. The summed E-state index contributed by atoms with van der Waals surface area (Å²) in [4.78, 5) is 16.5. The zero-order chi connectivity index (χ0) is 13.8. The lowest BCUT2D eigenvalue weighted by atomic mass is 10.0. The second-order valence-corrected chi connectivity index (χ2v) is 5.05. The molecule has 1 heterocycles. The number of hydrogen-bond acceptors (Lipinski definition) is 3. The van der Waals surface area contributed by atoms with Crippen LogP contribution in [0.1, 0.15) is 28.4 Å². The van der Waals surface area contributed by atoms with Crippen molar-refractivity contribution >= 4 is 21.7 Å². The maximum absolute atomic E-state index is 12.5. The number of aryl methyl sites for hydroxylation is 1. The highest BCUT2D eigenvalue weighted by Gasteiger charge is 2.13. The number of nitrogens with zero attached hydrogens (tertiary/aromatic N) is 1. The fourth-order valence-corrected chi connectivity index (χ4v) is 2.14. The Morgan fingerprint density at radius 3 is 2.84 bits per heavy atom. The fraction of sp³-hybridized carbons (Fsp3) is 0.200. The van der Waals surface area contributed by atoms with Gasteiger partial charge in [0.2, 0.25) is 0 Å². The van der Waals surface area contributed by atoms with Gasteiger partial charge < -0.3 is 4.74 Å². The summed E-state index contributed by atoms with van der Waals surface area (Å²) in [5, 5.41) is 0. The van der Waals surface area contributed by atoms with Gasteiger partial charge in [-0.15, -0.1) is 0 Å². The minimum absolute atomic E-state index is 0.0483. The number of halogens is 1. The Labute approximate surface area is 120 Å². The Hall–Kier alpha value is -1.68. The number of hydrogen-bond donors (Lipinski definition) is 0. The van der Waals surface area contributed by atoms with Crippen molar-refractivity contribution in [3.63, 3.8) is 0 Å². The van der Waals surface area contributed by atoms with Crippen molar-refractivity contribution in [3.8, 4) is 5.75 Å². The molecule has 0 saturated carbocycles. The molecule has 0 unspecified atom stereocenters. The molecule has 4 heteroatoms. The molecule has 3 nitrogen and oxygen atoms in total. The molecular formula is C15H14BrNO2. The third kappa shape index (κ3) is 3.20. The van der Waals surface area contributed by atoms with E-state index in [1.54, 1.807) is 18.5 Å². The summed E-state index contributed by atoms with van der Waals surface area (Å²) in [6.07, 6.45) is 3.17.